The molecular weight excluding hydrogens is 258 g/mol. The van der Waals surface area contributed by atoms with Crippen LogP contribution in [0.1, 0.15) is 42.9 Å². The van der Waals surface area contributed by atoms with Crippen molar-refractivity contribution in [1.29, 1.82) is 0 Å². The number of allylic oxidation sites excluding steroid dienone is 1. The van der Waals surface area contributed by atoms with Crippen LogP contribution in [-0.2, 0) is 13.1 Å². The Hall–Kier alpha value is -2.16. The first-order chi connectivity index (χ1) is 10.2. The molecule has 0 spiro atoms. The van der Waals surface area contributed by atoms with Gasteiger partial charge < -0.3 is 0 Å². The van der Waals surface area contributed by atoms with Gasteiger partial charge in [0.25, 0.3) is 0 Å². The number of rotatable bonds is 5. The van der Waals surface area contributed by atoms with E-state index in [1.54, 1.807) is 0 Å². The molecule has 0 bridgehead atoms. The zero-order valence-corrected chi connectivity index (χ0v) is 12.8. The van der Waals surface area contributed by atoms with Gasteiger partial charge in [-0.15, -0.1) is 0 Å². The average molecular weight is 281 g/mol. The van der Waals surface area contributed by atoms with Gasteiger partial charge in [0, 0.05) is 12.0 Å². The monoisotopic (exact) mass is 281 g/mol. The van der Waals surface area contributed by atoms with Crippen molar-refractivity contribution in [3.05, 3.63) is 65.9 Å². The Morgan fingerprint density at radius 2 is 1.95 bits per heavy atom. The van der Waals surface area contributed by atoms with Crippen LogP contribution in [0.15, 0.2) is 49.2 Å². The Kier molecular flexibility index (Phi) is 4.00. The number of imidazole rings is 1. The zero-order valence-electron chi connectivity index (χ0n) is 12.8. The largest absolute Gasteiger partial charge is 0.250 e. The maximum absolute atomic E-state index is 3.10. The van der Waals surface area contributed by atoms with Gasteiger partial charge in [0.1, 0.15) is 25.2 Å². The molecule has 1 aromatic heterocycles. The molecule has 21 heavy (non-hydrogen) atoms. The minimum atomic E-state index is 0.554. The number of H-pyrrole nitrogens is 1. The molecule has 0 radical (unpaired) electrons. The second-order valence-electron chi connectivity index (χ2n) is 6.00. The maximum Gasteiger partial charge on any atom is 0.241 e. The molecule has 3 heteroatoms. The van der Waals surface area contributed by atoms with E-state index >= 15 is 0 Å². The second-order valence-corrected chi connectivity index (χ2v) is 6.00. The Balaban J connectivity index is 1.88. The third kappa shape index (κ3) is 3.48. The van der Waals surface area contributed by atoms with Crippen molar-refractivity contribution in [1.82, 2.24) is 4.98 Å². The minimum Gasteiger partial charge on any atom is -0.250 e. The van der Waals surface area contributed by atoms with Crippen LogP contribution in [0.3, 0.4) is 0 Å². The van der Waals surface area contributed by atoms with Crippen molar-refractivity contribution in [3.8, 4) is 0 Å². The van der Waals surface area contributed by atoms with Crippen LogP contribution < -0.4 is 4.57 Å². The van der Waals surface area contributed by atoms with Crippen molar-refractivity contribution in [2.24, 2.45) is 0 Å². The summed E-state index contributed by atoms with van der Waals surface area (Å²) in [5.74, 6) is 0.554. The van der Waals surface area contributed by atoms with Crippen molar-refractivity contribution >= 4 is 6.21 Å². The van der Waals surface area contributed by atoms with E-state index in [0.29, 0.717) is 5.92 Å². The lowest BCUT2D eigenvalue weighted by Gasteiger charge is -2.10. The molecule has 2 heterocycles. The van der Waals surface area contributed by atoms with Crippen molar-refractivity contribution in [2.75, 3.05) is 0 Å². The Labute approximate surface area is 126 Å². The molecule has 108 valence electrons. The highest BCUT2D eigenvalue weighted by molar-refractivity contribution is 5.55. The van der Waals surface area contributed by atoms with E-state index < -0.39 is 0 Å². The summed E-state index contributed by atoms with van der Waals surface area (Å²) >= 11 is 0. The summed E-state index contributed by atoms with van der Waals surface area (Å²) in [7, 11) is 0. The van der Waals surface area contributed by atoms with Crippen LogP contribution in [0.2, 0.25) is 0 Å². The summed E-state index contributed by atoms with van der Waals surface area (Å²) in [6.07, 6.45) is 13.7. The smallest absolute Gasteiger partial charge is 0.241 e. The quantitative estimate of drug-likeness (QED) is 0.814. The number of benzene rings is 1. The van der Waals surface area contributed by atoms with Gasteiger partial charge in [-0.1, -0.05) is 19.9 Å². The molecule has 1 aromatic carbocycles. The summed E-state index contributed by atoms with van der Waals surface area (Å²) < 4.78 is 4.44. The number of hydrogen-bond donors (Lipinski definition) is 1. The highest BCUT2D eigenvalue weighted by Gasteiger charge is 2.11. The predicted molar refractivity (Wildman–Crippen MR) is 84.4 cm³/mol. The van der Waals surface area contributed by atoms with E-state index in [1.807, 2.05) is 12.5 Å². The molecule has 1 aliphatic rings. The highest BCUT2D eigenvalue weighted by atomic mass is 15.0. The number of aromatic nitrogens is 2. The van der Waals surface area contributed by atoms with E-state index in [1.165, 1.54) is 16.7 Å². The number of nitrogens with zero attached hydrogens (tertiary/aromatic N) is 2. The van der Waals surface area contributed by atoms with E-state index in [0.717, 1.165) is 19.5 Å². The maximum atomic E-state index is 3.10. The first-order valence-electron chi connectivity index (χ1n) is 7.61. The predicted octanol–water partition coefficient (Wildman–Crippen LogP) is 2.97. The van der Waals surface area contributed by atoms with E-state index in [-0.39, 0.29) is 0 Å². The number of hydrogen-bond acceptors (Lipinski definition) is 0. The molecule has 3 rings (SSSR count). The summed E-state index contributed by atoms with van der Waals surface area (Å²) in [5.41, 5.74) is 4.17. The fourth-order valence-electron chi connectivity index (χ4n) is 2.72. The lowest BCUT2D eigenvalue weighted by atomic mass is 9.97. The topological polar surface area (TPSA) is 22.7 Å². The Bertz CT molecular complexity index is 664. The molecule has 1 aliphatic heterocycles. The first-order valence-corrected chi connectivity index (χ1v) is 7.61. The fourth-order valence-corrected chi connectivity index (χ4v) is 2.72. The van der Waals surface area contributed by atoms with Crippen LogP contribution in [0.4, 0.5) is 0 Å². The molecule has 0 amide bonds. The molecule has 0 unspecified atom stereocenters. The van der Waals surface area contributed by atoms with E-state index in [2.05, 4.69) is 70.9 Å². The molecule has 3 nitrogen and oxygen atoms in total. The second kappa shape index (κ2) is 6.08. The van der Waals surface area contributed by atoms with Gasteiger partial charge >= 0.3 is 0 Å². The molecular formula is C18H23N3+2. The van der Waals surface area contributed by atoms with Crippen LogP contribution in [0, 0.1) is 0 Å². The minimum absolute atomic E-state index is 0.554. The molecule has 0 aliphatic carbocycles. The van der Waals surface area contributed by atoms with Gasteiger partial charge in [0.2, 0.25) is 6.33 Å². The first kappa shape index (κ1) is 13.8. The van der Waals surface area contributed by atoms with Gasteiger partial charge in [0.05, 0.1) is 0 Å². The fraction of sp³-hybridized carbons (Fsp3) is 0.333. The van der Waals surface area contributed by atoms with Gasteiger partial charge in [-0.3, -0.25) is 4.98 Å². The van der Waals surface area contributed by atoms with E-state index in [4.69, 9.17) is 0 Å². The third-order valence-electron chi connectivity index (χ3n) is 3.85. The molecule has 0 saturated carbocycles. The average Bonchev–Trinajstić information content (AvgIpc) is 3.12. The van der Waals surface area contributed by atoms with Gasteiger partial charge in [0.15, 0.2) is 12.7 Å². The normalized spacial score (nSPS) is 14.0. The van der Waals surface area contributed by atoms with Crippen LogP contribution in [0.5, 0.6) is 0 Å². The summed E-state index contributed by atoms with van der Waals surface area (Å²) in [6.45, 7) is 6.39. The SMILES string of the molecule is CC(C)c1cc(C[N+]2=CCC=C2)cc(C[n+]2cc[nH]c2)c1. The van der Waals surface area contributed by atoms with Crippen LogP contribution in [0.25, 0.3) is 0 Å². The van der Waals surface area contributed by atoms with Gasteiger partial charge in [-0.05, 0) is 35.3 Å². The van der Waals surface area contributed by atoms with Crippen LogP contribution in [-0.4, -0.2) is 15.8 Å². The van der Waals surface area contributed by atoms with Gasteiger partial charge in [-0.2, -0.15) is 0 Å². The molecule has 1 N–H and O–H groups in total. The lowest BCUT2D eigenvalue weighted by Crippen LogP contribution is -2.31. The van der Waals surface area contributed by atoms with Crippen molar-refractivity contribution in [3.63, 3.8) is 0 Å². The summed E-state index contributed by atoms with van der Waals surface area (Å²) in [5, 5.41) is 0. The molecule has 2 aromatic rings. The van der Waals surface area contributed by atoms with Crippen molar-refractivity contribution < 1.29 is 9.14 Å². The Morgan fingerprint density at radius 1 is 1.14 bits per heavy atom. The summed E-state index contributed by atoms with van der Waals surface area (Å²) in [4.78, 5) is 3.10. The van der Waals surface area contributed by atoms with Crippen LogP contribution >= 0.6 is 0 Å². The summed E-state index contributed by atoms with van der Waals surface area (Å²) in [6, 6.07) is 7.00. The van der Waals surface area contributed by atoms with Crippen molar-refractivity contribution in [2.45, 2.75) is 39.3 Å². The lowest BCUT2D eigenvalue weighted by molar-refractivity contribution is -0.687. The molecule has 0 saturated heterocycles. The standard InChI is InChI=1S/C18H22N3/c1-15(2)18-10-16(12-20-6-3-4-7-20)9-17(11-18)13-21-8-5-19-14-21/h3,5-11,14-15H,4,12-13H2,1-2H3/q+1/p+1. The third-order valence-corrected chi connectivity index (χ3v) is 3.85. The van der Waals surface area contributed by atoms with E-state index in [9.17, 15) is 0 Å². The zero-order chi connectivity index (χ0) is 14.7. The Morgan fingerprint density at radius 3 is 2.57 bits per heavy atom. The number of nitrogens with one attached hydrogen (secondary N) is 1. The number of aromatic amines is 1. The molecule has 0 fully saturated rings. The highest BCUT2D eigenvalue weighted by Crippen LogP contribution is 2.19. The molecule has 0 atom stereocenters. The van der Waals surface area contributed by atoms with Gasteiger partial charge in [-0.25, -0.2) is 9.14 Å².